The highest BCUT2D eigenvalue weighted by molar-refractivity contribution is 5.55. The van der Waals surface area contributed by atoms with Crippen molar-refractivity contribution in [2.45, 2.75) is 19.3 Å². The molecule has 1 unspecified atom stereocenters. The molecule has 3 rings (SSSR count). The van der Waals surface area contributed by atoms with Crippen LogP contribution < -0.4 is 5.32 Å². The molecule has 0 saturated carbocycles. The molecule has 94 valence electrons. The van der Waals surface area contributed by atoms with Crippen molar-refractivity contribution in [3.63, 3.8) is 0 Å². The van der Waals surface area contributed by atoms with Gasteiger partial charge in [0.15, 0.2) is 11.7 Å². The molecule has 1 aliphatic heterocycles. The van der Waals surface area contributed by atoms with Gasteiger partial charge >= 0.3 is 0 Å². The van der Waals surface area contributed by atoms with Crippen molar-refractivity contribution >= 4 is 0 Å². The number of rotatable bonds is 3. The highest BCUT2D eigenvalue weighted by atomic mass is 16.4. The number of oxazole rings is 1. The van der Waals surface area contributed by atoms with Crippen LogP contribution in [0.4, 0.5) is 0 Å². The van der Waals surface area contributed by atoms with Gasteiger partial charge in [-0.3, -0.25) is 0 Å². The number of aromatic nitrogens is 1. The Morgan fingerprint density at radius 1 is 1.28 bits per heavy atom. The van der Waals surface area contributed by atoms with Crippen molar-refractivity contribution in [3.05, 3.63) is 42.4 Å². The van der Waals surface area contributed by atoms with Gasteiger partial charge in [-0.1, -0.05) is 30.3 Å². The maximum atomic E-state index is 5.83. The number of hydrogen-bond acceptors (Lipinski definition) is 3. The summed E-state index contributed by atoms with van der Waals surface area (Å²) in [4.78, 5) is 4.39. The van der Waals surface area contributed by atoms with Gasteiger partial charge < -0.3 is 9.73 Å². The third-order valence-electron chi connectivity index (χ3n) is 3.47. The van der Waals surface area contributed by atoms with Gasteiger partial charge in [-0.25, -0.2) is 4.98 Å². The quantitative estimate of drug-likeness (QED) is 0.899. The Kier molecular flexibility index (Phi) is 3.42. The molecule has 0 bridgehead atoms. The van der Waals surface area contributed by atoms with Crippen LogP contribution in [0.5, 0.6) is 0 Å². The predicted octanol–water partition coefficient (Wildman–Crippen LogP) is 2.88. The summed E-state index contributed by atoms with van der Waals surface area (Å²) in [6.07, 6.45) is 5.31. The standard InChI is InChI=1S/C15H18N2O/c1-2-6-13(7-3-1)14-11-17-15(18-14)9-12-5-4-8-16-10-12/h1-3,6-7,11-12,16H,4-5,8-10H2. The van der Waals surface area contributed by atoms with Crippen LogP contribution in [0.25, 0.3) is 11.3 Å². The van der Waals surface area contributed by atoms with Crippen LogP contribution in [-0.2, 0) is 6.42 Å². The summed E-state index contributed by atoms with van der Waals surface area (Å²) in [7, 11) is 0. The summed E-state index contributed by atoms with van der Waals surface area (Å²) in [6, 6.07) is 10.1. The van der Waals surface area contributed by atoms with E-state index in [1.54, 1.807) is 0 Å². The summed E-state index contributed by atoms with van der Waals surface area (Å²) < 4.78 is 5.83. The molecule has 1 N–H and O–H groups in total. The van der Waals surface area contributed by atoms with Crippen molar-refractivity contribution in [2.75, 3.05) is 13.1 Å². The predicted molar refractivity (Wildman–Crippen MR) is 71.2 cm³/mol. The first kappa shape index (κ1) is 11.5. The minimum Gasteiger partial charge on any atom is -0.441 e. The molecule has 2 aromatic rings. The third-order valence-corrected chi connectivity index (χ3v) is 3.47. The van der Waals surface area contributed by atoms with Crippen LogP contribution in [0.15, 0.2) is 40.9 Å². The SMILES string of the molecule is c1ccc(-c2cnc(CC3CCCNC3)o2)cc1. The molecular formula is C15H18N2O. The van der Waals surface area contributed by atoms with E-state index in [1.807, 2.05) is 36.5 Å². The summed E-state index contributed by atoms with van der Waals surface area (Å²) in [6.45, 7) is 2.24. The Morgan fingerprint density at radius 2 is 2.17 bits per heavy atom. The topological polar surface area (TPSA) is 38.1 Å². The number of nitrogens with one attached hydrogen (secondary N) is 1. The lowest BCUT2D eigenvalue weighted by atomic mass is 9.96. The largest absolute Gasteiger partial charge is 0.441 e. The van der Waals surface area contributed by atoms with Gasteiger partial charge in [-0.05, 0) is 31.8 Å². The minimum absolute atomic E-state index is 0.668. The Morgan fingerprint density at radius 3 is 2.94 bits per heavy atom. The average molecular weight is 242 g/mol. The van der Waals surface area contributed by atoms with Crippen LogP contribution in [0.1, 0.15) is 18.7 Å². The van der Waals surface area contributed by atoms with Crippen LogP contribution in [0.3, 0.4) is 0 Å². The summed E-state index contributed by atoms with van der Waals surface area (Å²) >= 11 is 0. The molecule has 3 nitrogen and oxygen atoms in total. The molecular weight excluding hydrogens is 224 g/mol. The molecule has 1 fully saturated rings. The third kappa shape index (κ3) is 2.62. The molecule has 0 aliphatic carbocycles. The molecule has 0 radical (unpaired) electrons. The molecule has 1 aliphatic rings. The minimum atomic E-state index is 0.668. The van der Waals surface area contributed by atoms with Gasteiger partial charge in [0.1, 0.15) is 0 Å². The van der Waals surface area contributed by atoms with Gasteiger partial charge in [0, 0.05) is 12.0 Å². The first-order valence-electron chi connectivity index (χ1n) is 6.62. The molecule has 1 saturated heterocycles. The van der Waals surface area contributed by atoms with Crippen LogP contribution in [-0.4, -0.2) is 18.1 Å². The summed E-state index contributed by atoms with van der Waals surface area (Å²) in [5, 5.41) is 3.42. The molecule has 0 spiro atoms. The summed E-state index contributed by atoms with van der Waals surface area (Å²) in [5.41, 5.74) is 1.10. The summed E-state index contributed by atoms with van der Waals surface area (Å²) in [5.74, 6) is 2.40. The maximum Gasteiger partial charge on any atom is 0.195 e. The van der Waals surface area contributed by atoms with E-state index in [-0.39, 0.29) is 0 Å². The maximum absolute atomic E-state index is 5.83. The normalized spacial score (nSPS) is 19.9. The highest BCUT2D eigenvalue weighted by Gasteiger charge is 2.16. The highest BCUT2D eigenvalue weighted by Crippen LogP contribution is 2.22. The smallest absolute Gasteiger partial charge is 0.195 e. The van der Waals surface area contributed by atoms with E-state index in [9.17, 15) is 0 Å². The molecule has 1 atom stereocenters. The fourth-order valence-electron chi connectivity index (χ4n) is 2.49. The molecule has 2 heterocycles. The molecule has 1 aromatic carbocycles. The van der Waals surface area contributed by atoms with Gasteiger partial charge in [-0.2, -0.15) is 0 Å². The van der Waals surface area contributed by atoms with Crippen molar-refractivity contribution in [1.29, 1.82) is 0 Å². The lowest BCUT2D eigenvalue weighted by Crippen LogP contribution is -2.30. The second-order valence-corrected chi connectivity index (χ2v) is 4.90. The van der Waals surface area contributed by atoms with Gasteiger partial charge in [-0.15, -0.1) is 0 Å². The zero-order chi connectivity index (χ0) is 12.2. The van der Waals surface area contributed by atoms with E-state index in [4.69, 9.17) is 4.42 Å². The second kappa shape index (κ2) is 5.36. The molecule has 0 amide bonds. The Bertz CT molecular complexity index is 486. The molecule has 3 heteroatoms. The molecule has 18 heavy (non-hydrogen) atoms. The number of piperidine rings is 1. The van der Waals surface area contributed by atoms with E-state index in [0.29, 0.717) is 5.92 Å². The van der Waals surface area contributed by atoms with Crippen LogP contribution in [0, 0.1) is 5.92 Å². The fraction of sp³-hybridized carbons (Fsp3) is 0.400. The van der Waals surface area contributed by atoms with Gasteiger partial charge in [0.05, 0.1) is 6.20 Å². The average Bonchev–Trinajstić information content (AvgIpc) is 2.89. The first-order chi connectivity index (χ1) is 8.92. The zero-order valence-corrected chi connectivity index (χ0v) is 10.4. The van der Waals surface area contributed by atoms with Gasteiger partial charge in [0.25, 0.3) is 0 Å². The number of hydrogen-bond donors (Lipinski definition) is 1. The van der Waals surface area contributed by atoms with Gasteiger partial charge in [0.2, 0.25) is 0 Å². The van der Waals surface area contributed by atoms with Crippen molar-refractivity contribution in [3.8, 4) is 11.3 Å². The van der Waals surface area contributed by atoms with Crippen molar-refractivity contribution in [1.82, 2.24) is 10.3 Å². The van der Waals surface area contributed by atoms with Crippen LogP contribution >= 0.6 is 0 Å². The fourth-order valence-corrected chi connectivity index (χ4v) is 2.49. The first-order valence-corrected chi connectivity index (χ1v) is 6.62. The second-order valence-electron chi connectivity index (χ2n) is 4.90. The van der Waals surface area contributed by atoms with Crippen LogP contribution in [0.2, 0.25) is 0 Å². The van der Waals surface area contributed by atoms with Crippen molar-refractivity contribution < 1.29 is 4.42 Å². The monoisotopic (exact) mass is 242 g/mol. The van der Waals surface area contributed by atoms with Crippen molar-refractivity contribution in [2.24, 2.45) is 5.92 Å². The Labute approximate surface area is 107 Å². The molecule has 1 aromatic heterocycles. The Hall–Kier alpha value is -1.61. The number of benzene rings is 1. The van der Waals surface area contributed by atoms with E-state index in [0.717, 1.165) is 36.7 Å². The van der Waals surface area contributed by atoms with E-state index < -0.39 is 0 Å². The van der Waals surface area contributed by atoms with E-state index in [2.05, 4.69) is 10.3 Å². The number of nitrogens with zero attached hydrogens (tertiary/aromatic N) is 1. The van der Waals surface area contributed by atoms with E-state index >= 15 is 0 Å². The zero-order valence-electron chi connectivity index (χ0n) is 10.4. The lowest BCUT2D eigenvalue weighted by Gasteiger charge is -2.21. The van der Waals surface area contributed by atoms with E-state index in [1.165, 1.54) is 12.8 Å². The Balaban J connectivity index is 1.69. The lowest BCUT2D eigenvalue weighted by molar-refractivity contribution is 0.347.